The van der Waals surface area contributed by atoms with Gasteiger partial charge in [0.1, 0.15) is 5.75 Å². The zero-order valence-electron chi connectivity index (χ0n) is 10.8. The first kappa shape index (κ1) is 14.5. The standard InChI is InChI=1S/C14H20O4/c1-10(2)18-12-8-6-11(7-9-12)13(15)4-3-5-14(16)17/h6-10,13,15H,3-5H2,1-2H3,(H,16,17)/t13-/m0/s1. The van der Waals surface area contributed by atoms with Crippen LogP contribution >= 0.6 is 0 Å². The molecule has 4 nitrogen and oxygen atoms in total. The molecule has 0 saturated heterocycles. The first-order chi connectivity index (χ1) is 8.49. The summed E-state index contributed by atoms with van der Waals surface area (Å²) in [7, 11) is 0. The summed E-state index contributed by atoms with van der Waals surface area (Å²) in [5.41, 5.74) is 0.788. The van der Waals surface area contributed by atoms with Gasteiger partial charge in [0, 0.05) is 6.42 Å². The molecule has 0 aliphatic carbocycles. The Kier molecular flexibility index (Phi) is 5.65. The van der Waals surface area contributed by atoms with E-state index in [9.17, 15) is 9.90 Å². The van der Waals surface area contributed by atoms with Gasteiger partial charge in [0.15, 0.2) is 0 Å². The van der Waals surface area contributed by atoms with Gasteiger partial charge in [0.25, 0.3) is 0 Å². The van der Waals surface area contributed by atoms with Crippen molar-refractivity contribution in [2.45, 2.75) is 45.3 Å². The smallest absolute Gasteiger partial charge is 0.303 e. The van der Waals surface area contributed by atoms with Crippen molar-refractivity contribution in [2.75, 3.05) is 0 Å². The maximum Gasteiger partial charge on any atom is 0.303 e. The van der Waals surface area contributed by atoms with Crippen LogP contribution in [0.25, 0.3) is 0 Å². The summed E-state index contributed by atoms with van der Waals surface area (Å²) >= 11 is 0. The number of aliphatic hydroxyl groups is 1. The second-order valence-electron chi connectivity index (χ2n) is 4.54. The van der Waals surface area contributed by atoms with Gasteiger partial charge >= 0.3 is 5.97 Å². The third kappa shape index (κ3) is 5.19. The van der Waals surface area contributed by atoms with Crippen LogP contribution < -0.4 is 4.74 Å². The van der Waals surface area contributed by atoms with Gasteiger partial charge in [-0.05, 0) is 44.4 Å². The molecule has 18 heavy (non-hydrogen) atoms. The fourth-order valence-electron chi connectivity index (χ4n) is 1.65. The number of aliphatic hydroxyl groups excluding tert-OH is 1. The van der Waals surface area contributed by atoms with Crippen molar-refractivity contribution in [1.82, 2.24) is 0 Å². The Labute approximate surface area is 107 Å². The molecule has 0 fully saturated rings. The number of hydrogen-bond donors (Lipinski definition) is 2. The molecule has 0 radical (unpaired) electrons. The molecule has 4 heteroatoms. The van der Waals surface area contributed by atoms with Gasteiger partial charge in [-0.3, -0.25) is 4.79 Å². The van der Waals surface area contributed by atoms with Crippen molar-refractivity contribution < 1.29 is 19.7 Å². The van der Waals surface area contributed by atoms with Crippen LogP contribution in [0.5, 0.6) is 5.75 Å². The van der Waals surface area contributed by atoms with Crippen LogP contribution in [-0.4, -0.2) is 22.3 Å². The molecule has 1 aromatic rings. The zero-order valence-corrected chi connectivity index (χ0v) is 10.8. The molecular weight excluding hydrogens is 232 g/mol. The maximum absolute atomic E-state index is 10.4. The number of aliphatic carboxylic acids is 1. The van der Waals surface area contributed by atoms with E-state index >= 15 is 0 Å². The number of carboxylic acid groups (broad SMARTS) is 1. The van der Waals surface area contributed by atoms with Gasteiger partial charge in [-0.1, -0.05) is 12.1 Å². The highest BCUT2D eigenvalue weighted by atomic mass is 16.5. The molecule has 0 spiro atoms. The van der Waals surface area contributed by atoms with Crippen LogP contribution in [0.3, 0.4) is 0 Å². The molecule has 0 unspecified atom stereocenters. The summed E-state index contributed by atoms with van der Waals surface area (Å²) in [5.74, 6) is -0.0608. The third-order valence-electron chi connectivity index (χ3n) is 2.50. The fourth-order valence-corrected chi connectivity index (χ4v) is 1.65. The molecule has 0 aromatic heterocycles. The second kappa shape index (κ2) is 7.01. The highest BCUT2D eigenvalue weighted by Gasteiger charge is 2.09. The minimum absolute atomic E-state index is 0.0889. The number of carbonyl (C=O) groups is 1. The van der Waals surface area contributed by atoms with E-state index in [-0.39, 0.29) is 12.5 Å². The van der Waals surface area contributed by atoms with E-state index < -0.39 is 12.1 Å². The highest BCUT2D eigenvalue weighted by molar-refractivity contribution is 5.66. The number of ether oxygens (including phenoxy) is 1. The van der Waals surface area contributed by atoms with Gasteiger partial charge < -0.3 is 14.9 Å². The fraction of sp³-hybridized carbons (Fsp3) is 0.500. The van der Waals surface area contributed by atoms with Crippen LogP contribution in [0.15, 0.2) is 24.3 Å². The van der Waals surface area contributed by atoms with Crippen molar-refractivity contribution in [1.29, 1.82) is 0 Å². The topological polar surface area (TPSA) is 66.8 Å². The molecule has 0 saturated carbocycles. The van der Waals surface area contributed by atoms with E-state index in [1.807, 2.05) is 38.1 Å². The Morgan fingerprint density at radius 2 is 1.89 bits per heavy atom. The van der Waals surface area contributed by atoms with Crippen molar-refractivity contribution in [3.05, 3.63) is 29.8 Å². The maximum atomic E-state index is 10.4. The lowest BCUT2D eigenvalue weighted by Crippen LogP contribution is -2.05. The lowest BCUT2D eigenvalue weighted by atomic mass is 10.0. The van der Waals surface area contributed by atoms with E-state index in [0.29, 0.717) is 12.8 Å². The van der Waals surface area contributed by atoms with Gasteiger partial charge in [-0.2, -0.15) is 0 Å². The quantitative estimate of drug-likeness (QED) is 0.783. The predicted octanol–water partition coefficient (Wildman–Crippen LogP) is 2.76. The summed E-state index contributed by atoms with van der Waals surface area (Å²) in [4.78, 5) is 10.4. The van der Waals surface area contributed by atoms with E-state index in [2.05, 4.69) is 0 Å². The lowest BCUT2D eigenvalue weighted by molar-refractivity contribution is -0.137. The van der Waals surface area contributed by atoms with Crippen molar-refractivity contribution >= 4 is 5.97 Å². The predicted molar refractivity (Wildman–Crippen MR) is 68.7 cm³/mol. The Hall–Kier alpha value is -1.55. The number of carboxylic acids is 1. The molecule has 1 aromatic carbocycles. The van der Waals surface area contributed by atoms with Gasteiger partial charge in [0.05, 0.1) is 12.2 Å². The highest BCUT2D eigenvalue weighted by Crippen LogP contribution is 2.22. The molecule has 1 atom stereocenters. The summed E-state index contributed by atoms with van der Waals surface area (Å²) < 4.78 is 5.50. The van der Waals surface area contributed by atoms with Gasteiger partial charge in [-0.15, -0.1) is 0 Å². The normalized spacial score (nSPS) is 12.4. The van der Waals surface area contributed by atoms with Crippen LogP contribution in [0, 0.1) is 0 Å². The first-order valence-electron chi connectivity index (χ1n) is 6.15. The minimum Gasteiger partial charge on any atom is -0.491 e. The summed E-state index contributed by atoms with van der Waals surface area (Å²) in [6.45, 7) is 3.91. The van der Waals surface area contributed by atoms with E-state index in [1.165, 1.54) is 0 Å². The van der Waals surface area contributed by atoms with E-state index in [1.54, 1.807) is 0 Å². The van der Waals surface area contributed by atoms with Crippen LogP contribution in [0.1, 0.15) is 44.8 Å². The summed E-state index contributed by atoms with van der Waals surface area (Å²) in [5, 5.41) is 18.4. The number of rotatable bonds is 7. The summed E-state index contributed by atoms with van der Waals surface area (Å²) in [6.07, 6.45) is 0.525. The molecule has 0 aliphatic heterocycles. The first-order valence-corrected chi connectivity index (χ1v) is 6.15. The molecule has 0 amide bonds. The second-order valence-corrected chi connectivity index (χ2v) is 4.54. The Bertz CT molecular complexity index is 370. The number of hydrogen-bond acceptors (Lipinski definition) is 3. The average molecular weight is 252 g/mol. The Balaban J connectivity index is 2.48. The molecule has 0 bridgehead atoms. The minimum atomic E-state index is -0.831. The zero-order chi connectivity index (χ0) is 13.5. The van der Waals surface area contributed by atoms with Crippen molar-refractivity contribution in [2.24, 2.45) is 0 Å². The summed E-state index contributed by atoms with van der Waals surface area (Å²) in [6, 6.07) is 7.25. The van der Waals surface area contributed by atoms with E-state index in [4.69, 9.17) is 9.84 Å². The monoisotopic (exact) mass is 252 g/mol. The molecule has 100 valence electrons. The molecule has 1 rings (SSSR count). The third-order valence-corrected chi connectivity index (χ3v) is 2.50. The van der Waals surface area contributed by atoms with Crippen LogP contribution in [-0.2, 0) is 4.79 Å². The SMILES string of the molecule is CC(C)Oc1ccc([C@@H](O)CCCC(=O)O)cc1. The van der Waals surface area contributed by atoms with Crippen molar-refractivity contribution in [3.63, 3.8) is 0 Å². The van der Waals surface area contributed by atoms with Crippen LogP contribution in [0.2, 0.25) is 0 Å². The Morgan fingerprint density at radius 3 is 2.39 bits per heavy atom. The van der Waals surface area contributed by atoms with Crippen LogP contribution in [0.4, 0.5) is 0 Å². The van der Waals surface area contributed by atoms with Crippen molar-refractivity contribution in [3.8, 4) is 5.75 Å². The molecule has 2 N–H and O–H groups in total. The lowest BCUT2D eigenvalue weighted by Gasteiger charge is -2.13. The molecule has 0 aliphatic rings. The molecule has 0 heterocycles. The van der Waals surface area contributed by atoms with E-state index in [0.717, 1.165) is 11.3 Å². The largest absolute Gasteiger partial charge is 0.491 e. The molecular formula is C14H20O4. The number of benzene rings is 1. The average Bonchev–Trinajstić information content (AvgIpc) is 2.28. The van der Waals surface area contributed by atoms with Gasteiger partial charge in [-0.25, -0.2) is 0 Å². The Morgan fingerprint density at radius 1 is 1.28 bits per heavy atom. The van der Waals surface area contributed by atoms with Gasteiger partial charge in [0.2, 0.25) is 0 Å².